The molecule has 78 heavy (non-hydrogen) atoms. The Morgan fingerprint density at radius 2 is 1.08 bits per heavy atom. The van der Waals surface area contributed by atoms with Crippen molar-refractivity contribution in [3.63, 3.8) is 0 Å². The fourth-order valence-corrected chi connectivity index (χ4v) is 10.1. The van der Waals surface area contributed by atoms with Gasteiger partial charge in [0, 0.05) is 105 Å². The highest BCUT2D eigenvalue weighted by molar-refractivity contribution is 9.10. The number of rotatable bonds is 6. The zero-order chi connectivity index (χ0) is 55.7. The number of carbonyl (C=O) groups excluding carboxylic acids is 2. The minimum Gasteiger partial charge on any atom is -0.444 e. The fraction of sp³-hybridized carbons (Fsp3) is 0.448. The molecule has 8 aromatic rings. The summed E-state index contributed by atoms with van der Waals surface area (Å²) in [6.45, 7) is 22.3. The first-order chi connectivity index (χ1) is 36.9. The van der Waals surface area contributed by atoms with Crippen LogP contribution in [0.4, 0.5) is 9.59 Å². The summed E-state index contributed by atoms with van der Waals surface area (Å²) >= 11 is 3.39. The van der Waals surface area contributed by atoms with E-state index in [1.54, 1.807) is 40.8 Å². The monoisotopic (exact) mass is 1120 g/mol. The van der Waals surface area contributed by atoms with E-state index in [0.29, 0.717) is 13.1 Å². The van der Waals surface area contributed by atoms with E-state index in [1.807, 2.05) is 111 Å². The lowest BCUT2D eigenvalue weighted by Crippen LogP contribution is -2.43. The van der Waals surface area contributed by atoms with Crippen molar-refractivity contribution in [1.82, 2.24) is 58.9 Å². The van der Waals surface area contributed by atoms with Gasteiger partial charge in [-0.3, -0.25) is 28.7 Å². The standard InChI is InChI=1S/C26H30N6O2.C19H22BN3O2.C13H20BrN3O2/c1-26(2,3)34-25(33)31-13-5-6-21(17-31)32-16-20(15-28-32)19-7-8-23-22(14-19)24(29-30(23)4)18-9-11-27-12-10-18;1-18(2)19(3,4)25-20(24-18)14-6-7-16-15(12-14)17(22-23(16)5)13-8-10-21-11-9-13;1-13(2,3)19-12(18)16-6-4-5-11(9-16)17-8-10(14)7-15-17/h7-12,14-16,21H,5-6,13,17H2,1-4H3;6-12H,1-5H3;7-8,11H,4-6,9H2,1-3H3. The van der Waals surface area contributed by atoms with Crippen LogP contribution in [0.2, 0.25) is 0 Å². The maximum atomic E-state index is 12.6. The highest BCUT2D eigenvalue weighted by Gasteiger charge is 2.51. The van der Waals surface area contributed by atoms with Gasteiger partial charge < -0.3 is 28.6 Å². The average Bonchev–Trinajstić information content (AvgIpc) is 4.25. The van der Waals surface area contributed by atoms with E-state index in [0.717, 1.165) is 104 Å². The quantitative estimate of drug-likeness (QED) is 0.144. The van der Waals surface area contributed by atoms with Crippen LogP contribution in [0.1, 0.15) is 107 Å². The maximum Gasteiger partial charge on any atom is 0.494 e. The summed E-state index contributed by atoms with van der Waals surface area (Å²) in [4.78, 5) is 36.4. The number of carbonyl (C=O) groups is 2. The van der Waals surface area contributed by atoms with Crippen molar-refractivity contribution in [3.05, 3.63) is 115 Å². The summed E-state index contributed by atoms with van der Waals surface area (Å²) in [6, 6.07) is 20.9. The van der Waals surface area contributed by atoms with Crippen LogP contribution < -0.4 is 5.46 Å². The van der Waals surface area contributed by atoms with Crippen molar-refractivity contribution in [3.8, 4) is 33.6 Å². The SMILES string of the molecule is CC(C)(C)OC(=O)N1CCCC(n2cc(Br)cn2)C1.Cn1nc(-c2ccncc2)c2cc(-c3cnn(C4CCCN(C(=O)OC(C)(C)C)C4)c3)ccc21.Cn1nc(-c2ccncc2)c2cc(B3OC(C)(C)C(C)(C)O3)ccc21. The molecule has 9 heterocycles. The molecule has 2 atom stereocenters. The molecule has 0 bridgehead atoms. The molecule has 3 aliphatic heterocycles. The lowest BCUT2D eigenvalue weighted by molar-refractivity contribution is 0.00578. The van der Waals surface area contributed by atoms with Gasteiger partial charge in [-0.25, -0.2) is 9.59 Å². The van der Waals surface area contributed by atoms with Crippen molar-refractivity contribution in [2.24, 2.45) is 14.1 Å². The molecule has 2 amide bonds. The zero-order valence-electron chi connectivity index (χ0n) is 47.0. The van der Waals surface area contributed by atoms with Gasteiger partial charge in [0.25, 0.3) is 0 Å². The van der Waals surface area contributed by atoms with E-state index in [2.05, 4.69) is 106 Å². The number of pyridine rings is 2. The Bertz CT molecular complexity index is 3360. The Labute approximate surface area is 465 Å². The number of ether oxygens (including phenoxy) is 2. The largest absolute Gasteiger partial charge is 0.494 e. The number of nitrogens with zero attached hydrogens (tertiary/aromatic N) is 12. The molecule has 0 saturated carbocycles. The fourth-order valence-electron chi connectivity index (χ4n) is 9.83. The number of piperidine rings is 2. The Morgan fingerprint density at radius 1 is 0.615 bits per heavy atom. The Balaban J connectivity index is 0.000000149. The first-order valence-corrected chi connectivity index (χ1v) is 27.5. The van der Waals surface area contributed by atoms with E-state index in [1.165, 1.54) is 0 Å². The Hall–Kier alpha value is -6.90. The molecule has 3 aliphatic rings. The van der Waals surface area contributed by atoms with Gasteiger partial charge in [-0.1, -0.05) is 18.2 Å². The average molecular weight is 1120 g/mol. The number of benzene rings is 2. The van der Waals surface area contributed by atoms with E-state index < -0.39 is 11.2 Å². The minimum absolute atomic E-state index is 0.129. The minimum atomic E-state index is -0.497. The highest BCUT2D eigenvalue weighted by Crippen LogP contribution is 2.38. The van der Waals surface area contributed by atoms with Crippen molar-refractivity contribution >= 4 is 62.5 Å². The molecule has 20 heteroatoms. The summed E-state index contributed by atoms with van der Waals surface area (Å²) in [6.07, 6.45) is 18.3. The summed E-state index contributed by atoms with van der Waals surface area (Å²) < 4.78 is 32.0. The van der Waals surface area contributed by atoms with Crippen LogP contribution >= 0.6 is 15.9 Å². The van der Waals surface area contributed by atoms with Crippen LogP contribution in [0.3, 0.4) is 0 Å². The van der Waals surface area contributed by atoms with Crippen LogP contribution in [0, 0.1) is 0 Å². The predicted octanol–water partition coefficient (Wildman–Crippen LogP) is 11.2. The second-order valence-electron chi connectivity index (χ2n) is 23.3. The molecule has 0 N–H and O–H groups in total. The topological polar surface area (TPSA) is 175 Å². The van der Waals surface area contributed by atoms with Crippen LogP contribution in [-0.4, -0.2) is 127 Å². The molecule has 2 unspecified atom stereocenters. The molecule has 2 aromatic carbocycles. The summed E-state index contributed by atoms with van der Waals surface area (Å²) in [5.74, 6) is 0. The molecule has 11 rings (SSSR count). The van der Waals surface area contributed by atoms with E-state index in [4.69, 9.17) is 29.0 Å². The lowest BCUT2D eigenvalue weighted by Gasteiger charge is -2.34. The lowest BCUT2D eigenvalue weighted by atomic mass is 9.78. The van der Waals surface area contributed by atoms with Crippen molar-refractivity contribution in [1.29, 1.82) is 0 Å². The maximum absolute atomic E-state index is 12.6. The smallest absolute Gasteiger partial charge is 0.444 e. The van der Waals surface area contributed by atoms with Crippen LogP contribution in [0.15, 0.2) is 115 Å². The number of hydrogen-bond donors (Lipinski definition) is 0. The van der Waals surface area contributed by atoms with Gasteiger partial charge in [0.2, 0.25) is 0 Å². The van der Waals surface area contributed by atoms with Gasteiger partial charge >= 0.3 is 19.3 Å². The molecule has 3 fully saturated rings. The molecular formula is C58H72BBrN12O6. The van der Waals surface area contributed by atoms with Crippen molar-refractivity contribution in [2.75, 3.05) is 26.2 Å². The molecule has 410 valence electrons. The third kappa shape index (κ3) is 12.8. The summed E-state index contributed by atoms with van der Waals surface area (Å²) in [5.41, 5.74) is 7.61. The van der Waals surface area contributed by atoms with Gasteiger partial charge in [0.1, 0.15) is 22.6 Å². The van der Waals surface area contributed by atoms with E-state index in [9.17, 15) is 9.59 Å². The third-order valence-corrected chi connectivity index (χ3v) is 14.9. The van der Waals surface area contributed by atoms with Gasteiger partial charge in [-0.05, 0) is 164 Å². The number of aryl methyl sites for hydroxylation is 2. The molecule has 6 aromatic heterocycles. The summed E-state index contributed by atoms with van der Waals surface area (Å²) in [7, 11) is 3.55. The first kappa shape index (κ1) is 55.8. The Kier molecular flexibility index (Phi) is 16.1. The van der Waals surface area contributed by atoms with Crippen LogP contribution in [0.25, 0.3) is 55.4 Å². The van der Waals surface area contributed by atoms with Gasteiger partial charge in [0.15, 0.2) is 0 Å². The number of likely N-dealkylation sites (tertiary alicyclic amines) is 2. The number of amides is 2. The second-order valence-corrected chi connectivity index (χ2v) is 24.2. The third-order valence-electron chi connectivity index (χ3n) is 14.5. The number of halogens is 1. The van der Waals surface area contributed by atoms with Crippen LogP contribution in [-0.2, 0) is 32.9 Å². The zero-order valence-corrected chi connectivity index (χ0v) is 48.6. The van der Waals surface area contributed by atoms with Gasteiger partial charge in [-0.15, -0.1) is 0 Å². The van der Waals surface area contributed by atoms with Crippen molar-refractivity contribution in [2.45, 2.75) is 129 Å². The highest BCUT2D eigenvalue weighted by atomic mass is 79.9. The number of aromatic nitrogens is 10. The van der Waals surface area contributed by atoms with E-state index >= 15 is 0 Å². The first-order valence-electron chi connectivity index (χ1n) is 26.7. The number of hydrogen-bond acceptors (Lipinski definition) is 12. The van der Waals surface area contributed by atoms with Gasteiger partial charge in [0.05, 0.1) is 51.2 Å². The molecule has 3 saturated heterocycles. The molecule has 18 nitrogen and oxygen atoms in total. The Morgan fingerprint density at radius 3 is 1.55 bits per heavy atom. The van der Waals surface area contributed by atoms with Crippen LogP contribution in [0.5, 0.6) is 0 Å². The number of fused-ring (bicyclic) bond motifs is 2. The second kappa shape index (κ2) is 22.5. The molecule has 0 radical (unpaired) electrons. The molecule has 0 spiro atoms. The normalized spacial score (nSPS) is 18.3. The predicted molar refractivity (Wildman–Crippen MR) is 307 cm³/mol. The summed E-state index contributed by atoms with van der Waals surface area (Å²) in [5, 5.41) is 20.6. The molecule has 0 aliphatic carbocycles. The van der Waals surface area contributed by atoms with Crippen molar-refractivity contribution < 1.29 is 28.4 Å². The van der Waals surface area contributed by atoms with Gasteiger partial charge in [-0.2, -0.15) is 20.4 Å². The molecular weight excluding hydrogens is 1050 g/mol. The van der Waals surface area contributed by atoms with E-state index in [-0.39, 0.29) is 42.6 Å².